The maximum Gasteiger partial charge on any atom is 0.196 e. The van der Waals surface area contributed by atoms with Crippen LogP contribution in [-0.4, -0.2) is 11.6 Å². The van der Waals surface area contributed by atoms with E-state index in [-0.39, 0.29) is 11.6 Å². The summed E-state index contributed by atoms with van der Waals surface area (Å²) in [5, 5.41) is 8.11. The normalized spacial score (nSPS) is 12.8. The molecule has 0 spiro atoms. The first-order valence-electron chi connectivity index (χ1n) is 8.20. The van der Waals surface area contributed by atoms with Gasteiger partial charge < -0.3 is 0 Å². The Kier molecular flexibility index (Phi) is 3.89. The summed E-state index contributed by atoms with van der Waals surface area (Å²) < 4.78 is 0. The van der Waals surface area contributed by atoms with E-state index in [4.69, 9.17) is 0 Å². The van der Waals surface area contributed by atoms with Crippen LogP contribution in [0, 0.1) is 6.92 Å². The highest BCUT2D eigenvalue weighted by molar-refractivity contribution is 6.29. The van der Waals surface area contributed by atoms with Crippen LogP contribution in [0.1, 0.15) is 37.4 Å². The van der Waals surface area contributed by atoms with E-state index in [1.165, 1.54) is 0 Å². The van der Waals surface area contributed by atoms with E-state index in [0.717, 1.165) is 11.3 Å². The van der Waals surface area contributed by atoms with Gasteiger partial charge in [-0.1, -0.05) is 59.3 Å². The summed E-state index contributed by atoms with van der Waals surface area (Å²) in [5.74, 6) is -0.376. The number of nitrogens with zero attached hydrogens (tertiary/aromatic N) is 2. The number of nitrogens with one attached hydrogen (secondary N) is 1. The fourth-order valence-electron chi connectivity index (χ4n) is 2.97. The van der Waals surface area contributed by atoms with Crippen LogP contribution in [0.15, 0.2) is 77.1 Å². The zero-order chi connectivity index (χ0) is 18.1. The lowest BCUT2D eigenvalue weighted by Gasteiger charge is -2.18. The van der Waals surface area contributed by atoms with E-state index < -0.39 is 0 Å². The molecule has 0 saturated carbocycles. The van der Waals surface area contributed by atoms with Gasteiger partial charge >= 0.3 is 0 Å². The lowest BCUT2D eigenvalue weighted by Crippen LogP contribution is -2.20. The topological polar surface area (TPSA) is 70.9 Å². The quantitative estimate of drug-likeness (QED) is 0.426. The van der Waals surface area contributed by atoms with Gasteiger partial charge in [-0.3, -0.25) is 15.0 Å². The Hall–Kier alpha value is -3.60. The standard InChI is InChI=1S/C21H15N3O2/c1-13-9-11-14(12-10-13)22-24-23-18-8-4-7-17-19(18)21(26)16-6-3-2-5-15(16)20(17)25/h2-12H,1H3,(H,22,23). The summed E-state index contributed by atoms with van der Waals surface area (Å²) in [6.07, 6.45) is 0. The number of carbonyl (C=O) groups excluding carboxylic acids is 2. The van der Waals surface area contributed by atoms with Gasteiger partial charge in [-0.05, 0) is 25.1 Å². The first kappa shape index (κ1) is 15.9. The van der Waals surface area contributed by atoms with Crippen molar-refractivity contribution in [2.75, 3.05) is 5.43 Å². The van der Waals surface area contributed by atoms with Gasteiger partial charge in [0.1, 0.15) is 0 Å². The second-order valence-corrected chi connectivity index (χ2v) is 6.08. The van der Waals surface area contributed by atoms with Crippen molar-refractivity contribution in [3.8, 4) is 0 Å². The molecule has 3 aromatic carbocycles. The predicted octanol–water partition coefficient (Wildman–Crippen LogP) is 4.88. The predicted molar refractivity (Wildman–Crippen MR) is 99.1 cm³/mol. The molecule has 0 radical (unpaired) electrons. The molecule has 26 heavy (non-hydrogen) atoms. The highest BCUT2D eigenvalue weighted by Gasteiger charge is 2.31. The third-order valence-electron chi connectivity index (χ3n) is 4.32. The van der Waals surface area contributed by atoms with Gasteiger partial charge in [0.25, 0.3) is 0 Å². The van der Waals surface area contributed by atoms with Gasteiger partial charge in [-0.25, -0.2) is 0 Å². The van der Waals surface area contributed by atoms with Crippen molar-refractivity contribution in [1.29, 1.82) is 0 Å². The fourth-order valence-corrected chi connectivity index (χ4v) is 2.97. The smallest absolute Gasteiger partial charge is 0.196 e. The number of ketones is 2. The van der Waals surface area contributed by atoms with Crippen molar-refractivity contribution in [2.24, 2.45) is 10.3 Å². The van der Waals surface area contributed by atoms with E-state index in [0.29, 0.717) is 27.9 Å². The van der Waals surface area contributed by atoms with Gasteiger partial charge in [0.15, 0.2) is 11.6 Å². The van der Waals surface area contributed by atoms with Gasteiger partial charge in [-0.2, -0.15) is 0 Å². The first-order valence-corrected chi connectivity index (χ1v) is 8.20. The first-order chi connectivity index (χ1) is 12.6. The number of aryl methyl sites for hydroxylation is 1. The Bertz CT molecular complexity index is 1050. The molecule has 0 aliphatic heterocycles. The summed E-state index contributed by atoms with van der Waals surface area (Å²) in [5.41, 5.74) is 6.63. The van der Waals surface area contributed by atoms with Crippen LogP contribution < -0.4 is 5.43 Å². The van der Waals surface area contributed by atoms with E-state index in [1.54, 1.807) is 42.5 Å². The van der Waals surface area contributed by atoms with E-state index >= 15 is 0 Å². The molecule has 126 valence electrons. The van der Waals surface area contributed by atoms with E-state index in [2.05, 4.69) is 15.8 Å². The largest absolute Gasteiger partial charge is 0.289 e. The molecule has 0 saturated heterocycles. The summed E-state index contributed by atoms with van der Waals surface area (Å²) in [6, 6.07) is 19.6. The zero-order valence-corrected chi connectivity index (χ0v) is 14.1. The van der Waals surface area contributed by atoms with Crippen LogP contribution in [-0.2, 0) is 0 Å². The molecular weight excluding hydrogens is 326 g/mol. The maximum atomic E-state index is 12.9. The molecule has 0 amide bonds. The van der Waals surface area contributed by atoms with Crippen molar-refractivity contribution in [3.05, 3.63) is 94.5 Å². The molecule has 5 nitrogen and oxygen atoms in total. The summed E-state index contributed by atoms with van der Waals surface area (Å²) in [4.78, 5) is 25.6. The Morgan fingerprint density at radius 1 is 0.731 bits per heavy atom. The zero-order valence-electron chi connectivity index (χ0n) is 14.1. The third-order valence-corrected chi connectivity index (χ3v) is 4.32. The van der Waals surface area contributed by atoms with Crippen LogP contribution in [0.3, 0.4) is 0 Å². The molecule has 5 heteroatoms. The number of rotatable bonds is 3. The number of hydrogen-bond donors (Lipinski definition) is 1. The van der Waals surface area contributed by atoms with Crippen LogP contribution in [0.25, 0.3) is 0 Å². The summed E-state index contributed by atoms with van der Waals surface area (Å²) in [7, 11) is 0. The van der Waals surface area contributed by atoms with Crippen molar-refractivity contribution < 1.29 is 9.59 Å². The van der Waals surface area contributed by atoms with Gasteiger partial charge in [0.05, 0.1) is 16.9 Å². The molecule has 0 aromatic heterocycles. The number of benzene rings is 3. The minimum Gasteiger partial charge on any atom is -0.289 e. The van der Waals surface area contributed by atoms with Crippen molar-refractivity contribution >= 4 is 22.9 Å². The summed E-state index contributed by atoms with van der Waals surface area (Å²) in [6.45, 7) is 2.00. The average molecular weight is 341 g/mol. The molecule has 0 fully saturated rings. The average Bonchev–Trinajstić information content (AvgIpc) is 2.67. The molecular formula is C21H15N3O2. The second-order valence-electron chi connectivity index (χ2n) is 6.08. The number of hydrogen-bond acceptors (Lipinski definition) is 4. The summed E-state index contributed by atoms with van der Waals surface area (Å²) >= 11 is 0. The highest BCUT2D eigenvalue weighted by Crippen LogP contribution is 2.33. The third kappa shape index (κ3) is 2.69. The number of carbonyl (C=O) groups is 2. The van der Waals surface area contributed by atoms with Crippen molar-refractivity contribution in [3.63, 3.8) is 0 Å². The minimum absolute atomic E-state index is 0.168. The highest BCUT2D eigenvalue weighted by atomic mass is 16.1. The SMILES string of the molecule is Cc1ccc(NN=Nc2cccc3c2C(=O)c2ccccc2C3=O)cc1. The second kappa shape index (κ2) is 6.37. The Labute approximate surface area is 150 Å². The lowest BCUT2D eigenvalue weighted by molar-refractivity contribution is 0.0979. The minimum atomic E-state index is -0.208. The van der Waals surface area contributed by atoms with E-state index in [9.17, 15) is 9.59 Å². The molecule has 1 aliphatic rings. The van der Waals surface area contributed by atoms with Gasteiger partial charge in [0, 0.05) is 16.7 Å². The van der Waals surface area contributed by atoms with Crippen LogP contribution in [0.4, 0.5) is 11.4 Å². The van der Waals surface area contributed by atoms with Crippen molar-refractivity contribution in [1.82, 2.24) is 0 Å². The fraction of sp³-hybridized carbons (Fsp3) is 0.0476. The molecule has 4 rings (SSSR count). The van der Waals surface area contributed by atoms with Crippen LogP contribution in [0.2, 0.25) is 0 Å². The molecule has 0 bridgehead atoms. The van der Waals surface area contributed by atoms with E-state index in [1.807, 2.05) is 31.2 Å². The monoisotopic (exact) mass is 341 g/mol. The van der Waals surface area contributed by atoms with Crippen LogP contribution >= 0.6 is 0 Å². The molecule has 3 aromatic rings. The van der Waals surface area contributed by atoms with Crippen LogP contribution in [0.5, 0.6) is 0 Å². The Balaban J connectivity index is 1.69. The van der Waals surface area contributed by atoms with Crippen molar-refractivity contribution in [2.45, 2.75) is 6.92 Å². The molecule has 1 N–H and O–H groups in total. The molecule has 0 atom stereocenters. The Morgan fingerprint density at radius 2 is 1.38 bits per heavy atom. The van der Waals surface area contributed by atoms with Gasteiger partial charge in [0.2, 0.25) is 0 Å². The molecule has 1 aliphatic carbocycles. The number of anilines is 1. The molecule has 0 heterocycles. The Morgan fingerprint density at radius 3 is 2.12 bits per heavy atom. The van der Waals surface area contributed by atoms with Gasteiger partial charge in [-0.15, -0.1) is 5.11 Å². The number of fused-ring (bicyclic) bond motifs is 2. The lowest BCUT2D eigenvalue weighted by atomic mass is 9.83. The molecule has 0 unspecified atom stereocenters. The maximum absolute atomic E-state index is 12.9.